The second-order valence-electron chi connectivity index (χ2n) is 10.3. The number of halogens is 4. The Hall–Kier alpha value is -4.92. The molecule has 2 amide bonds. The largest absolute Gasteiger partial charge is 0.573 e. The van der Waals surface area contributed by atoms with Crippen LogP contribution in [0.2, 0.25) is 0 Å². The lowest BCUT2D eigenvalue weighted by Crippen LogP contribution is -2.30. The summed E-state index contributed by atoms with van der Waals surface area (Å²) in [7, 11) is 0. The number of thioether (sulfide) groups is 1. The molecule has 240 valence electrons. The Morgan fingerprint density at radius 2 is 1.78 bits per heavy atom. The number of hydrogen-bond donors (Lipinski definition) is 0. The van der Waals surface area contributed by atoms with Crippen LogP contribution < -0.4 is 14.4 Å². The second kappa shape index (κ2) is 13.6. The summed E-state index contributed by atoms with van der Waals surface area (Å²) >= 11 is 1.06. The van der Waals surface area contributed by atoms with Gasteiger partial charge in [-0.25, -0.2) is 18.9 Å². The van der Waals surface area contributed by atoms with Crippen molar-refractivity contribution in [3.8, 4) is 28.6 Å². The summed E-state index contributed by atoms with van der Waals surface area (Å²) in [5.74, 6) is 0.166. The Labute approximate surface area is 265 Å². The van der Waals surface area contributed by atoms with E-state index >= 15 is 0 Å². The van der Waals surface area contributed by atoms with Gasteiger partial charge in [0.2, 0.25) is 5.91 Å². The summed E-state index contributed by atoms with van der Waals surface area (Å²) in [6, 6.07) is 16.6. The molecule has 1 fully saturated rings. The predicted octanol–water partition coefficient (Wildman–Crippen LogP) is 7.21. The Morgan fingerprint density at radius 3 is 2.46 bits per heavy atom. The fourth-order valence-corrected chi connectivity index (χ4v) is 5.20. The lowest BCUT2D eigenvalue weighted by molar-refractivity contribution is -0.274. The Bertz CT molecular complexity index is 1740. The summed E-state index contributed by atoms with van der Waals surface area (Å²) in [6.45, 7) is 4.96. The van der Waals surface area contributed by atoms with Gasteiger partial charge >= 0.3 is 12.5 Å². The average Bonchev–Trinajstić information content (AvgIpc) is 3.63. The molecule has 5 rings (SSSR count). The number of alkyl halides is 4. The Kier molecular flexibility index (Phi) is 9.60. The van der Waals surface area contributed by atoms with E-state index in [1.165, 1.54) is 40.2 Å². The molecule has 0 N–H and O–H groups in total. The highest BCUT2D eigenvalue weighted by Crippen LogP contribution is 2.36. The number of anilines is 1. The number of ether oxygens (including phenoxy) is 3. The van der Waals surface area contributed by atoms with Gasteiger partial charge in [0.05, 0.1) is 23.2 Å². The Morgan fingerprint density at radius 1 is 1.07 bits per heavy atom. The summed E-state index contributed by atoms with van der Waals surface area (Å²) in [4.78, 5) is 34.7. The van der Waals surface area contributed by atoms with Crippen LogP contribution in [-0.2, 0) is 9.53 Å². The van der Waals surface area contributed by atoms with Gasteiger partial charge in [-0.2, -0.15) is 4.99 Å². The van der Waals surface area contributed by atoms with E-state index in [0.29, 0.717) is 28.5 Å². The van der Waals surface area contributed by atoms with E-state index in [1.807, 2.05) is 26.8 Å². The number of nitrogens with zero attached hydrogens (tertiary/aromatic N) is 5. The van der Waals surface area contributed by atoms with Crippen LogP contribution in [0.4, 0.5) is 28.0 Å². The van der Waals surface area contributed by atoms with Gasteiger partial charge in [-0.3, -0.25) is 9.69 Å². The van der Waals surface area contributed by atoms with Crippen LogP contribution in [0, 0.1) is 6.92 Å². The van der Waals surface area contributed by atoms with Crippen LogP contribution in [0.15, 0.2) is 78.0 Å². The molecule has 15 heteroatoms. The third kappa shape index (κ3) is 8.02. The highest BCUT2D eigenvalue weighted by molar-refractivity contribution is 8.15. The monoisotopic (exact) mass is 657 g/mol. The highest BCUT2D eigenvalue weighted by Gasteiger charge is 2.33. The molecule has 3 aromatic carbocycles. The van der Waals surface area contributed by atoms with Crippen molar-refractivity contribution in [1.29, 1.82) is 0 Å². The zero-order valence-electron chi connectivity index (χ0n) is 24.7. The number of amides is 2. The minimum Gasteiger partial charge on any atom is -0.489 e. The number of rotatable bonds is 9. The minimum atomic E-state index is -4.79. The molecule has 1 aromatic heterocycles. The molecule has 2 heterocycles. The first-order valence-electron chi connectivity index (χ1n) is 13.9. The van der Waals surface area contributed by atoms with Crippen LogP contribution in [-0.4, -0.2) is 56.8 Å². The van der Waals surface area contributed by atoms with Crippen LogP contribution >= 0.6 is 11.8 Å². The molecule has 4 aromatic rings. The smallest absolute Gasteiger partial charge is 0.489 e. The first-order valence-corrected chi connectivity index (χ1v) is 14.9. The third-order valence-electron chi connectivity index (χ3n) is 6.38. The van der Waals surface area contributed by atoms with E-state index in [-0.39, 0.29) is 34.2 Å². The van der Waals surface area contributed by atoms with Gasteiger partial charge in [0.1, 0.15) is 24.4 Å². The molecule has 0 bridgehead atoms. The highest BCUT2D eigenvalue weighted by atomic mass is 32.2. The fourth-order valence-electron chi connectivity index (χ4n) is 4.35. The predicted molar refractivity (Wildman–Crippen MR) is 163 cm³/mol. The van der Waals surface area contributed by atoms with Crippen LogP contribution in [0.25, 0.3) is 17.1 Å². The number of carbonyl (C=O) groups is 2. The molecule has 1 aliphatic heterocycles. The minimum absolute atomic E-state index is 0.0650. The van der Waals surface area contributed by atoms with Gasteiger partial charge in [0.25, 0.3) is 0 Å². The normalized spacial score (nSPS) is 15.0. The summed E-state index contributed by atoms with van der Waals surface area (Å²) in [6.07, 6.45) is -6.28. The number of benzene rings is 3. The number of aromatic nitrogens is 3. The quantitative estimate of drug-likeness (QED) is 0.174. The van der Waals surface area contributed by atoms with Crippen molar-refractivity contribution < 1.29 is 41.4 Å². The van der Waals surface area contributed by atoms with Crippen molar-refractivity contribution in [3.63, 3.8) is 0 Å². The maximum atomic E-state index is 15.0. The molecule has 0 saturated carbocycles. The molecule has 0 radical (unpaired) electrons. The molecule has 1 unspecified atom stereocenters. The van der Waals surface area contributed by atoms with Crippen LogP contribution in [0.3, 0.4) is 0 Å². The average molecular weight is 658 g/mol. The SMILES string of the molecule is Cc1ccc(OC(C)C)c(N2C(=O)CSC2=NC(=O)OCC(F)c2ccc(-c3ncn(-c4ccc(OC(F)(F)F)cc4)n3)cc2)c1. The van der Waals surface area contributed by atoms with E-state index in [4.69, 9.17) is 9.47 Å². The standard InChI is InChI=1S/C31H27F4N5O5S/c1-18(2)44-26-13-4-19(3)14-25(26)40-27(41)16-46-29(40)37-30(42)43-15-24(32)20-5-7-21(8-6-20)28-36-17-39(38-28)22-9-11-23(12-10-22)45-31(33,34)35/h4-14,17-18,24H,15-16H2,1-3H3. The second-order valence-corrected chi connectivity index (χ2v) is 11.2. The maximum Gasteiger partial charge on any atom is 0.573 e. The van der Waals surface area contributed by atoms with Gasteiger partial charge in [-0.15, -0.1) is 18.3 Å². The molecule has 1 atom stereocenters. The first kappa shape index (κ1) is 32.5. The van der Waals surface area contributed by atoms with Crippen LogP contribution in [0.5, 0.6) is 11.5 Å². The van der Waals surface area contributed by atoms with E-state index in [2.05, 4.69) is 19.8 Å². The molecule has 0 spiro atoms. The Balaban J connectivity index is 1.20. The summed E-state index contributed by atoms with van der Waals surface area (Å²) in [5.41, 5.74) is 2.56. The number of amidine groups is 1. The van der Waals surface area contributed by atoms with Gasteiger partial charge in [-0.05, 0) is 68.3 Å². The van der Waals surface area contributed by atoms with E-state index in [0.717, 1.165) is 29.5 Å². The van der Waals surface area contributed by atoms with Crippen molar-refractivity contribution in [2.45, 2.75) is 39.4 Å². The van der Waals surface area contributed by atoms with Gasteiger partial charge in [-0.1, -0.05) is 42.1 Å². The van der Waals surface area contributed by atoms with Crippen molar-refractivity contribution >= 4 is 34.6 Å². The fraction of sp³-hybridized carbons (Fsp3) is 0.258. The zero-order chi connectivity index (χ0) is 33.0. The number of aryl methyl sites for hydroxylation is 1. The van der Waals surface area contributed by atoms with Crippen molar-refractivity contribution in [3.05, 3.63) is 84.2 Å². The van der Waals surface area contributed by atoms with E-state index in [9.17, 15) is 27.2 Å². The van der Waals surface area contributed by atoms with E-state index < -0.39 is 25.2 Å². The van der Waals surface area contributed by atoms with Crippen LogP contribution in [0.1, 0.15) is 31.1 Å². The molecule has 46 heavy (non-hydrogen) atoms. The number of carbonyl (C=O) groups excluding carboxylic acids is 2. The van der Waals surface area contributed by atoms with Crippen molar-refractivity contribution in [2.24, 2.45) is 4.99 Å². The molecule has 0 aliphatic carbocycles. The third-order valence-corrected chi connectivity index (χ3v) is 7.30. The van der Waals surface area contributed by atoms with E-state index in [1.54, 1.807) is 24.3 Å². The lowest BCUT2D eigenvalue weighted by Gasteiger charge is -2.21. The summed E-state index contributed by atoms with van der Waals surface area (Å²) < 4.78 is 68.4. The summed E-state index contributed by atoms with van der Waals surface area (Å²) in [5, 5.41) is 4.43. The van der Waals surface area contributed by atoms with Gasteiger partial charge < -0.3 is 14.2 Å². The van der Waals surface area contributed by atoms with Gasteiger partial charge in [0, 0.05) is 5.56 Å². The first-order chi connectivity index (χ1) is 21.9. The van der Waals surface area contributed by atoms with Crippen molar-refractivity contribution in [1.82, 2.24) is 14.8 Å². The van der Waals surface area contributed by atoms with Crippen molar-refractivity contribution in [2.75, 3.05) is 17.3 Å². The molecule has 10 nitrogen and oxygen atoms in total. The lowest BCUT2D eigenvalue weighted by atomic mass is 10.1. The molecule has 1 aliphatic rings. The van der Waals surface area contributed by atoms with Gasteiger partial charge in [0.15, 0.2) is 17.2 Å². The number of hydrogen-bond acceptors (Lipinski definition) is 8. The maximum absolute atomic E-state index is 15.0. The number of aliphatic imine (C=N–C) groups is 1. The zero-order valence-corrected chi connectivity index (χ0v) is 25.5. The molecular weight excluding hydrogens is 630 g/mol. The molecular formula is C31H27F4N5O5S. The topological polar surface area (TPSA) is 108 Å². The molecule has 1 saturated heterocycles.